The number of amides is 1. The first-order valence-electron chi connectivity index (χ1n) is 6.07. The molecule has 1 N–H and O–H groups in total. The van der Waals surface area contributed by atoms with Gasteiger partial charge in [-0.15, -0.1) is 0 Å². The number of carbonyl (C=O) groups is 1. The highest BCUT2D eigenvalue weighted by atomic mass is 35.5. The van der Waals surface area contributed by atoms with E-state index >= 15 is 0 Å². The predicted octanol–water partition coefficient (Wildman–Crippen LogP) is 2.88. The van der Waals surface area contributed by atoms with Crippen LogP contribution in [0.15, 0.2) is 42.6 Å². The van der Waals surface area contributed by atoms with Gasteiger partial charge in [-0.1, -0.05) is 23.7 Å². The first-order chi connectivity index (χ1) is 9.06. The summed E-state index contributed by atoms with van der Waals surface area (Å²) in [4.78, 5) is 12.0. The summed E-state index contributed by atoms with van der Waals surface area (Å²) < 4.78 is 1.90. The molecule has 0 saturated carbocycles. The van der Waals surface area contributed by atoms with Gasteiger partial charge >= 0.3 is 0 Å². The fourth-order valence-electron chi connectivity index (χ4n) is 1.81. The van der Waals surface area contributed by atoms with E-state index in [0.29, 0.717) is 11.6 Å². The van der Waals surface area contributed by atoms with E-state index in [9.17, 15) is 4.79 Å². The molecule has 0 bridgehead atoms. The molecule has 0 saturated heterocycles. The molecule has 98 valence electrons. The minimum atomic E-state index is -0.0651. The third-order valence-corrected chi connectivity index (χ3v) is 3.19. The lowest BCUT2D eigenvalue weighted by atomic mass is 10.2. The molecular formula is C15H16ClN2O+. The molecule has 0 fully saturated rings. The van der Waals surface area contributed by atoms with Crippen LogP contribution in [0.3, 0.4) is 0 Å². The van der Waals surface area contributed by atoms with E-state index in [1.54, 1.807) is 6.07 Å². The van der Waals surface area contributed by atoms with E-state index in [4.69, 9.17) is 11.6 Å². The van der Waals surface area contributed by atoms with Crippen molar-refractivity contribution in [1.82, 2.24) is 0 Å². The number of halogens is 1. The molecule has 0 aliphatic heterocycles. The van der Waals surface area contributed by atoms with Gasteiger partial charge < -0.3 is 5.32 Å². The summed E-state index contributed by atoms with van der Waals surface area (Å²) >= 11 is 5.93. The van der Waals surface area contributed by atoms with E-state index in [1.165, 1.54) is 0 Å². The Kier molecular flexibility index (Phi) is 4.17. The fraction of sp³-hybridized carbons (Fsp3) is 0.200. The zero-order valence-corrected chi connectivity index (χ0v) is 11.7. The van der Waals surface area contributed by atoms with Gasteiger partial charge in [0.25, 0.3) is 5.91 Å². The third-order valence-electron chi connectivity index (χ3n) is 2.96. The van der Waals surface area contributed by atoms with Gasteiger partial charge in [-0.25, -0.2) is 0 Å². The van der Waals surface area contributed by atoms with Gasteiger partial charge in [0.1, 0.15) is 0 Å². The van der Waals surface area contributed by atoms with E-state index in [2.05, 4.69) is 5.32 Å². The molecule has 0 aliphatic carbocycles. The quantitative estimate of drug-likeness (QED) is 0.859. The molecule has 4 heteroatoms. The molecule has 1 aromatic heterocycles. The number of benzene rings is 1. The molecule has 0 unspecified atom stereocenters. The van der Waals surface area contributed by atoms with Crippen molar-refractivity contribution in [1.29, 1.82) is 0 Å². The lowest BCUT2D eigenvalue weighted by molar-refractivity contribution is -0.690. The van der Waals surface area contributed by atoms with Gasteiger partial charge in [0.2, 0.25) is 6.54 Å². The second-order valence-corrected chi connectivity index (χ2v) is 4.91. The number of carbonyl (C=O) groups excluding carboxylic acids is 1. The minimum absolute atomic E-state index is 0.0651. The molecule has 1 aromatic carbocycles. The lowest BCUT2D eigenvalue weighted by Crippen LogP contribution is -2.42. The molecule has 3 nitrogen and oxygen atoms in total. The largest absolute Gasteiger partial charge is 0.320 e. The molecule has 2 rings (SSSR count). The zero-order chi connectivity index (χ0) is 13.8. The van der Waals surface area contributed by atoms with Crippen LogP contribution in [0, 0.1) is 13.8 Å². The number of pyridine rings is 1. The van der Waals surface area contributed by atoms with Gasteiger partial charge in [0.15, 0.2) is 11.9 Å². The van der Waals surface area contributed by atoms with Gasteiger partial charge in [-0.3, -0.25) is 4.79 Å². The van der Waals surface area contributed by atoms with Crippen molar-refractivity contribution in [3.05, 3.63) is 58.9 Å². The maximum atomic E-state index is 12.0. The van der Waals surface area contributed by atoms with Crippen LogP contribution in [0.25, 0.3) is 0 Å². The topological polar surface area (TPSA) is 33.0 Å². The van der Waals surface area contributed by atoms with Crippen molar-refractivity contribution >= 4 is 23.2 Å². The average Bonchev–Trinajstić information content (AvgIpc) is 2.37. The molecule has 1 heterocycles. The molecule has 1 amide bonds. The number of nitrogens with one attached hydrogen (secondary N) is 1. The van der Waals surface area contributed by atoms with Crippen LogP contribution in [-0.4, -0.2) is 5.91 Å². The Labute approximate surface area is 117 Å². The molecule has 0 atom stereocenters. The zero-order valence-electron chi connectivity index (χ0n) is 11.0. The lowest BCUT2D eigenvalue weighted by Gasteiger charge is -2.07. The highest BCUT2D eigenvalue weighted by Crippen LogP contribution is 2.19. The number of nitrogens with zero attached hydrogens (tertiary/aromatic N) is 1. The first-order valence-corrected chi connectivity index (χ1v) is 6.45. The molecule has 2 aromatic rings. The average molecular weight is 276 g/mol. The molecule has 0 spiro atoms. The number of rotatable bonds is 3. The van der Waals surface area contributed by atoms with Gasteiger partial charge in [0, 0.05) is 29.8 Å². The molecule has 19 heavy (non-hydrogen) atoms. The Morgan fingerprint density at radius 1 is 1.26 bits per heavy atom. The van der Waals surface area contributed by atoms with Crippen LogP contribution < -0.4 is 9.88 Å². The van der Waals surface area contributed by atoms with E-state index in [1.807, 2.05) is 54.9 Å². The standard InChI is InChI=1S/C15H15ClN2O/c1-11-6-7-13(16)9-14(11)17-15(19)10-18-8-4-3-5-12(18)2/h3-9H,10H2,1-2H3/p+1. The fourth-order valence-corrected chi connectivity index (χ4v) is 1.98. The van der Waals surface area contributed by atoms with Crippen molar-refractivity contribution in [2.24, 2.45) is 0 Å². The maximum Gasteiger partial charge on any atom is 0.290 e. The molecular weight excluding hydrogens is 260 g/mol. The van der Waals surface area contributed by atoms with E-state index in [-0.39, 0.29) is 5.91 Å². The highest BCUT2D eigenvalue weighted by Gasteiger charge is 2.12. The predicted molar refractivity (Wildman–Crippen MR) is 76.2 cm³/mol. The number of hydrogen-bond acceptors (Lipinski definition) is 1. The maximum absolute atomic E-state index is 12.0. The summed E-state index contributed by atoms with van der Waals surface area (Å²) in [6.07, 6.45) is 1.89. The number of aryl methyl sites for hydroxylation is 2. The minimum Gasteiger partial charge on any atom is -0.320 e. The summed E-state index contributed by atoms with van der Waals surface area (Å²) in [6, 6.07) is 11.3. The van der Waals surface area contributed by atoms with Crippen molar-refractivity contribution < 1.29 is 9.36 Å². The Morgan fingerprint density at radius 3 is 2.79 bits per heavy atom. The van der Waals surface area contributed by atoms with Crippen LogP contribution in [0.5, 0.6) is 0 Å². The monoisotopic (exact) mass is 275 g/mol. The van der Waals surface area contributed by atoms with Crippen LogP contribution in [0.2, 0.25) is 5.02 Å². The first kappa shape index (κ1) is 13.6. The number of aromatic nitrogens is 1. The Morgan fingerprint density at radius 2 is 2.05 bits per heavy atom. The normalized spacial score (nSPS) is 10.3. The van der Waals surface area contributed by atoms with Crippen molar-refractivity contribution in [3.63, 3.8) is 0 Å². The van der Waals surface area contributed by atoms with Crippen molar-refractivity contribution in [3.8, 4) is 0 Å². The molecule has 0 radical (unpaired) electrons. The second-order valence-electron chi connectivity index (χ2n) is 4.48. The Hall–Kier alpha value is -1.87. The SMILES string of the molecule is Cc1ccc(Cl)cc1NC(=O)C[n+]1ccccc1C. The summed E-state index contributed by atoms with van der Waals surface area (Å²) in [5.41, 5.74) is 2.79. The summed E-state index contributed by atoms with van der Waals surface area (Å²) in [7, 11) is 0. The number of hydrogen-bond donors (Lipinski definition) is 1. The molecule has 0 aliphatic rings. The van der Waals surface area contributed by atoms with E-state index < -0.39 is 0 Å². The smallest absolute Gasteiger partial charge is 0.290 e. The Bertz CT molecular complexity index is 611. The Balaban J connectivity index is 2.10. The van der Waals surface area contributed by atoms with Crippen molar-refractivity contribution in [2.75, 3.05) is 5.32 Å². The third kappa shape index (κ3) is 3.55. The second kappa shape index (κ2) is 5.85. The highest BCUT2D eigenvalue weighted by molar-refractivity contribution is 6.31. The van der Waals surface area contributed by atoms with Crippen molar-refractivity contribution in [2.45, 2.75) is 20.4 Å². The van der Waals surface area contributed by atoms with Crippen LogP contribution in [-0.2, 0) is 11.3 Å². The van der Waals surface area contributed by atoms with Gasteiger partial charge in [-0.05, 0) is 24.6 Å². The van der Waals surface area contributed by atoms with E-state index in [0.717, 1.165) is 16.9 Å². The van der Waals surface area contributed by atoms with Crippen LogP contribution >= 0.6 is 11.6 Å². The summed E-state index contributed by atoms with van der Waals surface area (Å²) in [6.45, 7) is 4.20. The van der Waals surface area contributed by atoms with Crippen LogP contribution in [0.4, 0.5) is 5.69 Å². The van der Waals surface area contributed by atoms with Gasteiger partial charge in [-0.2, -0.15) is 4.57 Å². The van der Waals surface area contributed by atoms with Gasteiger partial charge in [0.05, 0.1) is 0 Å². The summed E-state index contributed by atoms with van der Waals surface area (Å²) in [5.74, 6) is -0.0651. The van der Waals surface area contributed by atoms with Crippen LogP contribution in [0.1, 0.15) is 11.3 Å². The number of anilines is 1. The summed E-state index contributed by atoms with van der Waals surface area (Å²) in [5, 5.41) is 3.50.